The third kappa shape index (κ3) is 6.88. The molecule has 1 heterocycles. The van der Waals surface area contributed by atoms with Gasteiger partial charge in [-0.05, 0) is 29.8 Å². The molecule has 0 bridgehead atoms. The zero-order chi connectivity index (χ0) is 20.5. The van der Waals surface area contributed by atoms with Crippen LogP contribution < -0.4 is 20.3 Å². The molecule has 0 aliphatic carbocycles. The van der Waals surface area contributed by atoms with Crippen molar-refractivity contribution >= 4 is 41.5 Å². The minimum absolute atomic E-state index is 0. The van der Waals surface area contributed by atoms with Crippen LogP contribution in [0.4, 0.5) is 5.69 Å². The van der Waals surface area contributed by atoms with Crippen molar-refractivity contribution in [2.24, 2.45) is 4.99 Å². The Hall–Kier alpha value is -2.33. The van der Waals surface area contributed by atoms with E-state index in [1.165, 1.54) is 0 Å². The molecule has 0 saturated carbocycles. The molecule has 1 aliphatic rings. The smallest absolute Gasteiger partial charge is 0.229 e. The highest BCUT2D eigenvalue weighted by atomic mass is 127. The van der Waals surface area contributed by atoms with Gasteiger partial charge in [0, 0.05) is 39.4 Å². The third-order valence-electron chi connectivity index (χ3n) is 4.70. The minimum atomic E-state index is 0. The molecule has 0 spiro atoms. The monoisotopic (exact) mass is 524 g/mol. The Kier molecular flexibility index (Phi) is 9.88. The van der Waals surface area contributed by atoms with Gasteiger partial charge in [0.25, 0.3) is 0 Å². The summed E-state index contributed by atoms with van der Waals surface area (Å²) in [4.78, 5) is 18.5. The molecular weight excluding hydrogens is 495 g/mol. The van der Waals surface area contributed by atoms with Crippen LogP contribution in [-0.2, 0) is 16.1 Å². The fraction of sp³-hybridized carbons (Fsp3) is 0.364. The van der Waals surface area contributed by atoms with Gasteiger partial charge < -0.3 is 25.0 Å². The van der Waals surface area contributed by atoms with E-state index in [1.54, 1.807) is 14.2 Å². The summed E-state index contributed by atoms with van der Waals surface area (Å²) in [5.74, 6) is 1.62. The topological polar surface area (TPSA) is 75.2 Å². The van der Waals surface area contributed by atoms with E-state index in [4.69, 9.17) is 9.47 Å². The largest absolute Gasteiger partial charge is 0.491 e. The Balaban J connectivity index is 0.00000320. The van der Waals surface area contributed by atoms with E-state index in [2.05, 4.69) is 15.6 Å². The average Bonchev–Trinajstić information content (AvgIpc) is 3.13. The summed E-state index contributed by atoms with van der Waals surface area (Å²) in [6.45, 7) is 2.35. The lowest BCUT2D eigenvalue weighted by molar-refractivity contribution is -0.117. The molecule has 7 nitrogen and oxygen atoms in total. The third-order valence-corrected chi connectivity index (χ3v) is 4.70. The number of benzene rings is 2. The molecule has 0 aromatic heterocycles. The fourth-order valence-electron chi connectivity index (χ4n) is 3.18. The van der Waals surface area contributed by atoms with Gasteiger partial charge >= 0.3 is 0 Å². The van der Waals surface area contributed by atoms with Crippen molar-refractivity contribution in [3.8, 4) is 5.75 Å². The Morgan fingerprint density at radius 2 is 1.87 bits per heavy atom. The van der Waals surface area contributed by atoms with Crippen LogP contribution in [0.5, 0.6) is 5.75 Å². The zero-order valence-electron chi connectivity index (χ0n) is 17.3. The van der Waals surface area contributed by atoms with E-state index in [-0.39, 0.29) is 35.9 Å². The number of ether oxygens (including phenoxy) is 2. The molecule has 1 amide bonds. The maximum atomic E-state index is 12.4. The lowest BCUT2D eigenvalue weighted by Crippen LogP contribution is -2.44. The van der Waals surface area contributed by atoms with Gasteiger partial charge in [-0.15, -0.1) is 24.0 Å². The number of carbonyl (C=O) groups is 1. The maximum absolute atomic E-state index is 12.4. The number of hydrogen-bond acceptors (Lipinski definition) is 4. The number of aliphatic imine (C=N–C) groups is 1. The number of nitrogens with zero attached hydrogens (tertiary/aromatic N) is 2. The number of anilines is 1. The molecule has 1 atom stereocenters. The molecule has 0 radical (unpaired) electrons. The summed E-state index contributed by atoms with van der Waals surface area (Å²) in [5.41, 5.74) is 2.04. The molecule has 30 heavy (non-hydrogen) atoms. The highest BCUT2D eigenvalue weighted by Crippen LogP contribution is 2.21. The first kappa shape index (κ1) is 23.9. The summed E-state index contributed by atoms with van der Waals surface area (Å²) in [6.07, 6.45) is 0.448. The van der Waals surface area contributed by atoms with Crippen LogP contribution in [0.2, 0.25) is 0 Å². The van der Waals surface area contributed by atoms with E-state index < -0.39 is 0 Å². The first-order valence-corrected chi connectivity index (χ1v) is 9.73. The van der Waals surface area contributed by atoms with Crippen molar-refractivity contribution in [3.05, 3.63) is 60.2 Å². The molecule has 162 valence electrons. The van der Waals surface area contributed by atoms with Crippen LogP contribution >= 0.6 is 24.0 Å². The average molecular weight is 524 g/mol. The summed E-state index contributed by atoms with van der Waals surface area (Å²) >= 11 is 0. The van der Waals surface area contributed by atoms with Crippen LogP contribution in [0.25, 0.3) is 0 Å². The van der Waals surface area contributed by atoms with E-state index >= 15 is 0 Å². The molecule has 8 heteroatoms. The van der Waals surface area contributed by atoms with E-state index in [1.807, 2.05) is 59.5 Å². The quantitative estimate of drug-likeness (QED) is 0.241. The van der Waals surface area contributed by atoms with Gasteiger partial charge in [-0.1, -0.05) is 30.3 Å². The molecule has 3 rings (SSSR count). The van der Waals surface area contributed by atoms with Crippen molar-refractivity contribution < 1.29 is 14.3 Å². The SMILES string of the molecule is CN=C(NCc1ccc(OCCOC)cc1)NC1CC(=O)N(c2ccccc2)C1.I. The number of rotatable bonds is 8. The van der Waals surface area contributed by atoms with Gasteiger partial charge in [-0.25, -0.2) is 0 Å². The Bertz CT molecular complexity index is 815. The summed E-state index contributed by atoms with van der Waals surface area (Å²) < 4.78 is 10.6. The molecule has 2 aromatic rings. The molecule has 1 saturated heterocycles. The maximum Gasteiger partial charge on any atom is 0.229 e. The van der Waals surface area contributed by atoms with Crippen molar-refractivity contribution in [2.45, 2.75) is 19.0 Å². The van der Waals surface area contributed by atoms with Gasteiger partial charge in [-0.2, -0.15) is 0 Å². The lowest BCUT2D eigenvalue weighted by atomic mass is 10.2. The van der Waals surface area contributed by atoms with Gasteiger partial charge in [0.15, 0.2) is 5.96 Å². The van der Waals surface area contributed by atoms with Gasteiger partial charge in [0.05, 0.1) is 12.6 Å². The number of halogens is 1. The highest BCUT2D eigenvalue weighted by Gasteiger charge is 2.30. The second-order valence-electron chi connectivity index (χ2n) is 6.80. The normalized spacial score (nSPS) is 16.2. The Morgan fingerprint density at radius 3 is 2.53 bits per heavy atom. The van der Waals surface area contributed by atoms with Crippen LogP contribution in [0.3, 0.4) is 0 Å². The lowest BCUT2D eigenvalue weighted by Gasteiger charge is -2.19. The molecule has 1 aliphatic heterocycles. The van der Waals surface area contributed by atoms with Crippen molar-refractivity contribution in [2.75, 3.05) is 38.8 Å². The molecule has 2 aromatic carbocycles. The number of guanidine groups is 1. The number of amides is 1. The summed E-state index contributed by atoms with van der Waals surface area (Å²) in [6, 6.07) is 17.7. The second-order valence-corrected chi connectivity index (χ2v) is 6.80. The number of methoxy groups -OCH3 is 1. The summed E-state index contributed by atoms with van der Waals surface area (Å²) in [5, 5.41) is 6.65. The first-order chi connectivity index (χ1) is 14.2. The second kappa shape index (κ2) is 12.4. The molecule has 2 N–H and O–H groups in total. The van der Waals surface area contributed by atoms with Crippen LogP contribution in [0, 0.1) is 0 Å². The molecular formula is C22H29IN4O3. The highest BCUT2D eigenvalue weighted by molar-refractivity contribution is 14.0. The van der Waals surface area contributed by atoms with E-state index in [9.17, 15) is 4.79 Å². The zero-order valence-corrected chi connectivity index (χ0v) is 19.7. The van der Waals surface area contributed by atoms with E-state index in [0.29, 0.717) is 38.7 Å². The predicted molar refractivity (Wildman–Crippen MR) is 130 cm³/mol. The van der Waals surface area contributed by atoms with Crippen molar-refractivity contribution in [1.82, 2.24) is 10.6 Å². The van der Waals surface area contributed by atoms with Gasteiger partial charge in [0.1, 0.15) is 12.4 Å². The fourth-order valence-corrected chi connectivity index (χ4v) is 3.18. The van der Waals surface area contributed by atoms with Crippen LogP contribution in [-0.4, -0.2) is 51.8 Å². The van der Waals surface area contributed by atoms with E-state index in [0.717, 1.165) is 17.0 Å². The van der Waals surface area contributed by atoms with Crippen LogP contribution in [0.15, 0.2) is 59.6 Å². The molecule has 1 fully saturated rings. The van der Waals surface area contributed by atoms with Crippen LogP contribution in [0.1, 0.15) is 12.0 Å². The van der Waals surface area contributed by atoms with Crippen molar-refractivity contribution in [3.63, 3.8) is 0 Å². The first-order valence-electron chi connectivity index (χ1n) is 9.73. The Morgan fingerprint density at radius 1 is 1.13 bits per heavy atom. The number of para-hydroxylation sites is 1. The Labute approximate surface area is 194 Å². The standard InChI is InChI=1S/C22H28N4O3.HI/c1-23-22(24-15-17-8-10-20(11-9-17)29-13-12-28-2)25-18-14-21(27)26(16-18)19-6-4-3-5-7-19;/h3-11,18H,12-16H2,1-2H3,(H2,23,24,25);1H. The van der Waals surface area contributed by atoms with Gasteiger partial charge in [-0.3, -0.25) is 9.79 Å². The molecule has 1 unspecified atom stereocenters. The number of carbonyl (C=O) groups excluding carboxylic acids is 1. The predicted octanol–water partition coefficient (Wildman–Crippen LogP) is 2.80. The number of hydrogen-bond donors (Lipinski definition) is 2. The minimum Gasteiger partial charge on any atom is -0.491 e. The van der Waals surface area contributed by atoms with Gasteiger partial charge in [0.2, 0.25) is 5.91 Å². The van der Waals surface area contributed by atoms with Crippen molar-refractivity contribution in [1.29, 1.82) is 0 Å². The number of nitrogens with one attached hydrogen (secondary N) is 2. The summed E-state index contributed by atoms with van der Waals surface area (Å²) in [7, 11) is 3.38.